The zero-order chi connectivity index (χ0) is 14.5. The molecule has 1 aromatic carbocycles. The van der Waals surface area contributed by atoms with E-state index in [1.165, 1.54) is 18.2 Å². The molecule has 2 aromatic rings. The fourth-order valence-corrected chi connectivity index (χ4v) is 2.09. The third kappa shape index (κ3) is 3.28. The molecule has 2 rings (SSSR count). The second-order valence-electron chi connectivity index (χ2n) is 3.66. The molecular formula is C11H10N4O4S. The maximum absolute atomic E-state index is 11.2. The quantitative estimate of drug-likeness (QED) is 0.370. The maximum Gasteiger partial charge on any atom is 0.294 e. The molecule has 0 saturated heterocycles. The largest absolute Gasteiger partial charge is 0.487 e. The summed E-state index contributed by atoms with van der Waals surface area (Å²) < 4.78 is 5.39. The van der Waals surface area contributed by atoms with Crippen LogP contribution in [0.15, 0.2) is 29.6 Å². The van der Waals surface area contributed by atoms with Gasteiger partial charge in [-0.1, -0.05) is 6.07 Å². The number of amides is 1. The molecule has 0 aliphatic heterocycles. The smallest absolute Gasteiger partial charge is 0.294 e. The number of carbonyl (C=O) groups excluding carboxylic acids is 1. The van der Waals surface area contributed by atoms with E-state index in [0.717, 1.165) is 11.3 Å². The lowest BCUT2D eigenvalue weighted by Crippen LogP contribution is -2.29. The van der Waals surface area contributed by atoms with Gasteiger partial charge < -0.3 is 4.74 Å². The number of non-ortho nitro benzene ring substituents is 1. The summed E-state index contributed by atoms with van der Waals surface area (Å²) in [5.41, 5.74) is 2.47. The summed E-state index contributed by atoms with van der Waals surface area (Å²) in [5.74, 6) is 4.88. The number of aromatic nitrogens is 1. The number of hydrogen-bond donors (Lipinski definition) is 2. The number of ether oxygens (including phenoxy) is 1. The number of nitro benzene ring substituents is 1. The number of rotatable bonds is 5. The lowest BCUT2D eigenvalue weighted by molar-refractivity contribution is -0.384. The van der Waals surface area contributed by atoms with Gasteiger partial charge in [-0.25, -0.2) is 10.8 Å². The Balaban J connectivity index is 2.01. The SMILES string of the molecule is NNC(=O)c1nc(COc2cccc([N+](=O)[O-])c2)cs1. The van der Waals surface area contributed by atoms with E-state index in [9.17, 15) is 14.9 Å². The van der Waals surface area contributed by atoms with Crippen LogP contribution in [0.5, 0.6) is 5.75 Å². The number of nitrogen functional groups attached to an aromatic ring is 1. The summed E-state index contributed by atoms with van der Waals surface area (Å²) in [6, 6.07) is 5.83. The number of hydrazine groups is 1. The highest BCUT2D eigenvalue weighted by atomic mass is 32.1. The van der Waals surface area contributed by atoms with E-state index in [0.29, 0.717) is 11.4 Å². The van der Waals surface area contributed by atoms with Crippen LogP contribution in [-0.4, -0.2) is 15.8 Å². The Morgan fingerprint density at radius 2 is 2.35 bits per heavy atom. The van der Waals surface area contributed by atoms with Crippen LogP contribution in [-0.2, 0) is 6.61 Å². The number of nitro groups is 1. The molecule has 0 bridgehead atoms. The molecule has 0 atom stereocenters. The number of carbonyl (C=O) groups is 1. The molecule has 3 N–H and O–H groups in total. The van der Waals surface area contributed by atoms with Crippen LogP contribution in [0, 0.1) is 10.1 Å². The van der Waals surface area contributed by atoms with Crippen molar-refractivity contribution in [2.24, 2.45) is 5.84 Å². The third-order valence-corrected chi connectivity index (χ3v) is 3.18. The van der Waals surface area contributed by atoms with Crippen LogP contribution in [0.3, 0.4) is 0 Å². The van der Waals surface area contributed by atoms with Gasteiger partial charge in [-0.2, -0.15) is 0 Å². The summed E-state index contributed by atoms with van der Waals surface area (Å²) >= 11 is 1.13. The molecule has 0 radical (unpaired) electrons. The van der Waals surface area contributed by atoms with Gasteiger partial charge in [-0.15, -0.1) is 11.3 Å². The van der Waals surface area contributed by atoms with Gasteiger partial charge in [0.15, 0.2) is 5.01 Å². The number of nitrogens with zero attached hydrogens (tertiary/aromatic N) is 2. The van der Waals surface area contributed by atoms with E-state index < -0.39 is 10.8 Å². The van der Waals surface area contributed by atoms with E-state index in [4.69, 9.17) is 10.6 Å². The Bertz CT molecular complexity index is 643. The Kier molecular flexibility index (Phi) is 4.23. The van der Waals surface area contributed by atoms with Crippen LogP contribution < -0.4 is 16.0 Å². The van der Waals surface area contributed by atoms with Gasteiger partial charge in [0.2, 0.25) is 0 Å². The summed E-state index contributed by atoms with van der Waals surface area (Å²) in [5, 5.41) is 12.5. The van der Waals surface area contributed by atoms with Crippen LogP contribution >= 0.6 is 11.3 Å². The van der Waals surface area contributed by atoms with Gasteiger partial charge in [0.25, 0.3) is 11.6 Å². The fourth-order valence-electron chi connectivity index (χ4n) is 1.38. The molecule has 0 fully saturated rings. The lowest BCUT2D eigenvalue weighted by Gasteiger charge is -2.03. The van der Waals surface area contributed by atoms with Crippen molar-refractivity contribution in [2.75, 3.05) is 0 Å². The van der Waals surface area contributed by atoms with E-state index in [1.807, 2.05) is 5.43 Å². The number of benzene rings is 1. The van der Waals surface area contributed by atoms with E-state index in [1.54, 1.807) is 11.4 Å². The molecule has 8 nitrogen and oxygen atoms in total. The minimum atomic E-state index is -0.501. The maximum atomic E-state index is 11.2. The molecule has 0 spiro atoms. The van der Waals surface area contributed by atoms with Crippen molar-refractivity contribution >= 4 is 22.9 Å². The van der Waals surface area contributed by atoms with Crippen LogP contribution in [0.1, 0.15) is 15.5 Å². The molecule has 20 heavy (non-hydrogen) atoms. The Morgan fingerprint density at radius 1 is 1.55 bits per heavy atom. The van der Waals surface area contributed by atoms with E-state index >= 15 is 0 Å². The first-order chi connectivity index (χ1) is 9.60. The number of hydrogen-bond acceptors (Lipinski definition) is 7. The van der Waals surface area contributed by atoms with E-state index in [-0.39, 0.29) is 17.3 Å². The van der Waals surface area contributed by atoms with Gasteiger partial charge in [0.05, 0.1) is 16.7 Å². The molecule has 0 aliphatic rings. The highest BCUT2D eigenvalue weighted by Gasteiger charge is 2.10. The van der Waals surface area contributed by atoms with Crippen molar-refractivity contribution in [3.05, 3.63) is 50.5 Å². The molecule has 0 unspecified atom stereocenters. The minimum Gasteiger partial charge on any atom is -0.487 e. The second-order valence-corrected chi connectivity index (χ2v) is 4.52. The summed E-state index contributed by atoms with van der Waals surface area (Å²) in [4.78, 5) is 25.4. The van der Waals surface area contributed by atoms with Crippen LogP contribution in [0.2, 0.25) is 0 Å². The predicted molar refractivity (Wildman–Crippen MR) is 71.2 cm³/mol. The van der Waals surface area contributed by atoms with Crippen LogP contribution in [0.4, 0.5) is 5.69 Å². The van der Waals surface area contributed by atoms with Crippen molar-refractivity contribution in [1.82, 2.24) is 10.4 Å². The van der Waals surface area contributed by atoms with E-state index in [2.05, 4.69) is 4.98 Å². The molecule has 1 heterocycles. The zero-order valence-corrected chi connectivity index (χ0v) is 10.9. The van der Waals surface area contributed by atoms with Crippen LogP contribution in [0.25, 0.3) is 0 Å². The minimum absolute atomic E-state index is 0.0519. The first-order valence-corrected chi connectivity index (χ1v) is 6.30. The number of thiazole rings is 1. The fraction of sp³-hybridized carbons (Fsp3) is 0.0909. The highest BCUT2D eigenvalue weighted by Crippen LogP contribution is 2.20. The Morgan fingerprint density at radius 3 is 3.05 bits per heavy atom. The molecule has 9 heteroatoms. The molecule has 1 amide bonds. The van der Waals surface area contributed by atoms with Crippen molar-refractivity contribution in [3.8, 4) is 5.75 Å². The Labute approximate surface area is 117 Å². The summed E-state index contributed by atoms with van der Waals surface area (Å²) in [7, 11) is 0. The first kappa shape index (κ1) is 13.9. The second kappa shape index (κ2) is 6.08. The standard InChI is InChI=1S/C11H10N4O4S/c12-14-10(16)11-13-7(6-20-11)5-19-9-3-1-2-8(4-9)15(17)18/h1-4,6H,5,12H2,(H,14,16). The lowest BCUT2D eigenvalue weighted by atomic mass is 10.3. The van der Waals surface area contributed by atoms with Crippen molar-refractivity contribution in [1.29, 1.82) is 0 Å². The average Bonchev–Trinajstić information content (AvgIpc) is 2.93. The molecular weight excluding hydrogens is 284 g/mol. The van der Waals surface area contributed by atoms with Gasteiger partial charge in [-0.05, 0) is 6.07 Å². The number of nitrogens with one attached hydrogen (secondary N) is 1. The van der Waals surface area contributed by atoms with Gasteiger partial charge >= 0.3 is 0 Å². The van der Waals surface area contributed by atoms with Crippen molar-refractivity contribution in [2.45, 2.75) is 6.61 Å². The first-order valence-electron chi connectivity index (χ1n) is 5.42. The average molecular weight is 294 g/mol. The predicted octanol–water partition coefficient (Wildman–Crippen LogP) is 1.23. The number of nitrogens with two attached hydrogens (primary N) is 1. The molecule has 0 saturated carbocycles. The van der Waals surface area contributed by atoms with Gasteiger partial charge in [0, 0.05) is 11.4 Å². The summed E-state index contributed by atoms with van der Waals surface area (Å²) in [6.07, 6.45) is 0. The molecule has 104 valence electrons. The molecule has 1 aromatic heterocycles. The highest BCUT2D eigenvalue weighted by molar-refractivity contribution is 7.11. The topological polar surface area (TPSA) is 120 Å². The third-order valence-electron chi connectivity index (χ3n) is 2.29. The van der Waals surface area contributed by atoms with Gasteiger partial charge in [-0.3, -0.25) is 20.3 Å². The van der Waals surface area contributed by atoms with Gasteiger partial charge in [0.1, 0.15) is 12.4 Å². The Hall–Kier alpha value is -2.52. The summed E-state index contributed by atoms with van der Waals surface area (Å²) in [6.45, 7) is 0.107. The zero-order valence-electron chi connectivity index (χ0n) is 10.1. The normalized spacial score (nSPS) is 10.1. The van der Waals surface area contributed by atoms with Crippen molar-refractivity contribution in [3.63, 3.8) is 0 Å². The molecule has 0 aliphatic carbocycles. The van der Waals surface area contributed by atoms with Crippen molar-refractivity contribution < 1.29 is 14.5 Å². The monoisotopic (exact) mass is 294 g/mol.